The summed E-state index contributed by atoms with van der Waals surface area (Å²) in [5.41, 5.74) is 0.757. The second-order valence-electron chi connectivity index (χ2n) is 5.49. The lowest BCUT2D eigenvalue weighted by atomic mass is 10.2. The van der Waals surface area contributed by atoms with Gasteiger partial charge in [0.25, 0.3) is 0 Å². The van der Waals surface area contributed by atoms with E-state index >= 15 is 0 Å². The fraction of sp³-hybridized carbons (Fsp3) is 0.643. The minimum Gasteiger partial charge on any atom is -0.392 e. The van der Waals surface area contributed by atoms with Crippen LogP contribution in [0.1, 0.15) is 19.4 Å². The van der Waals surface area contributed by atoms with Crippen molar-refractivity contribution in [3.05, 3.63) is 22.8 Å². The predicted molar refractivity (Wildman–Crippen MR) is 78.7 cm³/mol. The average molecular weight is 284 g/mol. The molecule has 106 valence electrons. The molecule has 0 aromatic carbocycles. The highest BCUT2D eigenvalue weighted by Gasteiger charge is 2.20. The molecule has 0 bridgehead atoms. The molecule has 5 heteroatoms. The molecule has 1 aromatic heterocycles. The van der Waals surface area contributed by atoms with Crippen LogP contribution in [0.25, 0.3) is 0 Å². The number of halogens is 1. The number of nitrogens with zero attached hydrogens (tertiary/aromatic N) is 3. The van der Waals surface area contributed by atoms with E-state index in [-0.39, 0.29) is 6.61 Å². The van der Waals surface area contributed by atoms with Crippen molar-refractivity contribution < 1.29 is 5.11 Å². The fourth-order valence-electron chi connectivity index (χ4n) is 2.45. The minimum absolute atomic E-state index is 0.0187. The van der Waals surface area contributed by atoms with E-state index in [1.54, 1.807) is 12.3 Å². The molecule has 2 rings (SSSR count). The Hall–Kier alpha value is -0.840. The Labute approximate surface area is 120 Å². The van der Waals surface area contributed by atoms with Crippen LogP contribution in [0.5, 0.6) is 0 Å². The molecule has 1 saturated heterocycles. The van der Waals surface area contributed by atoms with Crippen LogP contribution in [-0.4, -0.2) is 47.7 Å². The van der Waals surface area contributed by atoms with Crippen LogP contribution < -0.4 is 4.90 Å². The Balaban J connectivity index is 1.97. The number of hydrogen-bond acceptors (Lipinski definition) is 4. The second kappa shape index (κ2) is 6.55. The fourth-order valence-corrected chi connectivity index (χ4v) is 2.76. The highest BCUT2D eigenvalue weighted by atomic mass is 35.5. The first-order valence-electron chi connectivity index (χ1n) is 6.82. The lowest BCUT2D eigenvalue weighted by Gasteiger charge is -2.36. The monoisotopic (exact) mass is 283 g/mol. The van der Waals surface area contributed by atoms with Crippen molar-refractivity contribution in [2.45, 2.75) is 20.5 Å². The van der Waals surface area contributed by atoms with Crippen molar-refractivity contribution in [2.24, 2.45) is 5.92 Å². The zero-order chi connectivity index (χ0) is 13.8. The molecule has 0 radical (unpaired) electrons. The highest BCUT2D eigenvalue weighted by Crippen LogP contribution is 2.25. The zero-order valence-corrected chi connectivity index (χ0v) is 12.4. The summed E-state index contributed by atoms with van der Waals surface area (Å²) in [6.45, 7) is 9.65. The van der Waals surface area contributed by atoms with Gasteiger partial charge >= 0.3 is 0 Å². The van der Waals surface area contributed by atoms with Crippen molar-refractivity contribution in [2.75, 3.05) is 37.6 Å². The largest absolute Gasteiger partial charge is 0.392 e. The van der Waals surface area contributed by atoms with Crippen molar-refractivity contribution in [1.29, 1.82) is 0 Å². The van der Waals surface area contributed by atoms with E-state index in [9.17, 15) is 0 Å². The van der Waals surface area contributed by atoms with Crippen molar-refractivity contribution >= 4 is 17.4 Å². The summed E-state index contributed by atoms with van der Waals surface area (Å²) in [5.74, 6) is 1.54. The summed E-state index contributed by atoms with van der Waals surface area (Å²) >= 11 is 6.23. The number of piperazine rings is 1. The van der Waals surface area contributed by atoms with Gasteiger partial charge in [-0.05, 0) is 17.5 Å². The Bertz CT molecular complexity index is 417. The van der Waals surface area contributed by atoms with Crippen LogP contribution in [0, 0.1) is 5.92 Å². The summed E-state index contributed by atoms with van der Waals surface area (Å²) in [6, 6.07) is 1.80. The first kappa shape index (κ1) is 14.6. The maximum absolute atomic E-state index is 9.06. The minimum atomic E-state index is -0.0187. The summed E-state index contributed by atoms with van der Waals surface area (Å²) in [6.07, 6.45) is 1.70. The third-order valence-electron chi connectivity index (χ3n) is 3.36. The van der Waals surface area contributed by atoms with Crippen LogP contribution in [0.15, 0.2) is 12.3 Å². The van der Waals surface area contributed by atoms with Gasteiger partial charge in [-0.3, -0.25) is 4.90 Å². The number of aliphatic hydroxyl groups is 1. The average Bonchev–Trinajstić information content (AvgIpc) is 2.39. The van der Waals surface area contributed by atoms with Crippen LogP contribution in [0.4, 0.5) is 5.82 Å². The molecule has 1 aromatic rings. The molecule has 0 amide bonds. The molecule has 1 N–H and O–H groups in total. The maximum atomic E-state index is 9.06. The zero-order valence-electron chi connectivity index (χ0n) is 11.6. The lowest BCUT2D eigenvalue weighted by molar-refractivity contribution is 0.231. The standard InChI is InChI=1S/C14H22ClN3O/c1-11(2)9-17-3-5-18(6-4-17)14-13(15)7-12(10-19)8-16-14/h7-8,11,19H,3-6,9-10H2,1-2H3. The molecule has 4 nitrogen and oxygen atoms in total. The number of pyridine rings is 1. The molecule has 0 saturated carbocycles. The lowest BCUT2D eigenvalue weighted by Crippen LogP contribution is -2.47. The van der Waals surface area contributed by atoms with Crippen molar-refractivity contribution in [1.82, 2.24) is 9.88 Å². The van der Waals surface area contributed by atoms with Gasteiger partial charge in [0.1, 0.15) is 5.82 Å². The summed E-state index contributed by atoms with van der Waals surface area (Å²) < 4.78 is 0. The van der Waals surface area contributed by atoms with E-state index in [2.05, 4.69) is 28.6 Å². The Morgan fingerprint density at radius 1 is 1.32 bits per heavy atom. The summed E-state index contributed by atoms with van der Waals surface area (Å²) in [5, 5.41) is 9.69. The van der Waals surface area contributed by atoms with E-state index in [1.807, 2.05) is 0 Å². The van der Waals surface area contributed by atoms with E-state index in [0.717, 1.165) is 44.1 Å². The predicted octanol–water partition coefficient (Wildman–Crippen LogP) is 2.01. The molecule has 0 atom stereocenters. The molecule has 2 heterocycles. The first-order valence-corrected chi connectivity index (χ1v) is 7.20. The second-order valence-corrected chi connectivity index (χ2v) is 5.90. The summed E-state index contributed by atoms with van der Waals surface area (Å²) in [7, 11) is 0. The van der Waals surface area contributed by atoms with Crippen LogP contribution in [0.2, 0.25) is 5.02 Å². The molecule has 0 spiro atoms. The Morgan fingerprint density at radius 3 is 2.53 bits per heavy atom. The van der Waals surface area contributed by atoms with Gasteiger partial charge in [-0.1, -0.05) is 25.4 Å². The van der Waals surface area contributed by atoms with E-state index < -0.39 is 0 Å². The highest BCUT2D eigenvalue weighted by molar-refractivity contribution is 6.33. The third-order valence-corrected chi connectivity index (χ3v) is 3.63. The molecular weight excluding hydrogens is 262 g/mol. The van der Waals surface area contributed by atoms with Crippen LogP contribution in [0.3, 0.4) is 0 Å². The smallest absolute Gasteiger partial charge is 0.147 e. The van der Waals surface area contributed by atoms with E-state index in [4.69, 9.17) is 16.7 Å². The Kier molecular flexibility index (Phi) is 5.02. The first-order chi connectivity index (χ1) is 9.10. The van der Waals surface area contributed by atoms with E-state index in [1.165, 1.54) is 0 Å². The maximum Gasteiger partial charge on any atom is 0.147 e. The van der Waals surface area contributed by atoms with Gasteiger partial charge in [0.2, 0.25) is 0 Å². The van der Waals surface area contributed by atoms with Gasteiger partial charge < -0.3 is 10.0 Å². The number of rotatable bonds is 4. The normalized spacial score (nSPS) is 17.2. The molecule has 1 aliphatic heterocycles. The van der Waals surface area contributed by atoms with E-state index in [0.29, 0.717) is 10.9 Å². The van der Waals surface area contributed by atoms with Crippen molar-refractivity contribution in [3.63, 3.8) is 0 Å². The summed E-state index contributed by atoms with van der Waals surface area (Å²) in [4.78, 5) is 9.08. The van der Waals surface area contributed by atoms with Gasteiger partial charge in [0.15, 0.2) is 0 Å². The number of hydrogen-bond donors (Lipinski definition) is 1. The molecular formula is C14H22ClN3O. The third kappa shape index (κ3) is 3.81. The van der Waals surface area contributed by atoms with Gasteiger partial charge in [0, 0.05) is 38.9 Å². The van der Waals surface area contributed by atoms with Gasteiger partial charge in [-0.2, -0.15) is 0 Å². The van der Waals surface area contributed by atoms with Crippen LogP contribution >= 0.6 is 11.6 Å². The van der Waals surface area contributed by atoms with Crippen molar-refractivity contribution in [3.8, 4) is 0 Å². The topological polar surface area (TPSA) is 39.6 Å². The number of anilines is 1. The molecule has 0 unspecified atom stereocenters. The molecule has 19 heavy (non-hydrogen) atoms. The van der Waals surface area contributed by atoms with Gasteiger partial charge in [0.05, 0.1) is 11.6 Å². The molecule has 1 fully saturated rings. The number of aliphatic hydroxyl groups excluding tert-OH is 1. The van der Waals surface area contributed by atoms with Crippen LogP contribution in [-0.2, 0) is 6.61 Å². The number of aromatic nitrogens is 1. The quantitative estimate of drug-likeness (QED) is 0.918. The Morgan fingerprint density at radius 2 is 2.00 bits per heavy atom. The molecule has 0 aliphatic carbocycles. The molecule has 1 aliphatic rings. The van der Waals surface area contributed by atoms with Gasteiger partial charge in [-0.15, -0.1) is 0 Å². The SMILES string of the molecule is CC(C)CN1CCN(c2ncc(CO)cc2Cl)CC1. The van der Waals surface area contributed by atoms with Gasteiger partial charge in [-0.25, -0.2) is 4.98 Å².